The number of aryl methyl sites for hydroxylation is 1. The van der Waals surface area contributed by atoms with E-state index in [1.165, 1.54) is 24.3 Å². The van der Waals surface area contributed by atoms with Crippen LogP contribution in [-0.2, 0) is 4.79 Å². The number of anilines is 1. The highest BCUT2D eigenvalue weighted by Crippen LogP contribution is 2.25. The third-order valence-corrected chi connectivity index (χ3v) is 3.11. The number of halogens is 1. The van der Waals surface area contributed by atoms with Crippen molar-refractivity contribution in [3.8, 4) is 11.5 Å². The number of nitrogens with one attached hydrogen (secondary N) is 1. The van der Waals surface area contributed by atoms with Gasteiger partial charge in [0.05, 0.1) is 12.8 Å². The first kappa shape index (κ1) is 15.8. The van der Waals surface area contributed by atoms with E-state index in [0.717, 1.165) is 5.56 Å². The molecule has 2 aromatic rings. The molecule has 4 nitrogen and oxygen atoms in total. The zero-order valence-electron chi connectivity index (χ0n) is 12.7. The summed E-state index contributed by atoms with van der Waals surface area (Å²) in [6.45, 7) is 3.55. The molecule has 1 N–H and O–H groups in total. The van der Waals surface area contributed by atoms with Crippen LogP contribution in [0, 0.1) is 12.7 Å². The van der Waals surface area contributed by atoms with Crippen molar-refractivity contribution in [3.05, 3.63) is 53.8 Å². The van der Waals surface area contributed by atoms with Gasteiger partial charge in [-0.1, -0.05) is 6.07 Å². The third kappa shape index (κ3) is 3.97. The molecule has 0 aliphatic heterocycles. The molecule has 116 valence electrons. The van der Waals surface area contributed by atoms with Crippen molar-refractivity contribution in [1.29, 1.82) is 0 Å². The maximum Gasteiger partial charge on any atom is 0.265 e. The molecule has 0 saturated heterocycles. The summed E-state index contributed by atoms with van der Waals surface area (Å²) in [6.07, 6.45) is -0.726. The summed E-state index contributed by atoms with van der Waals surface area (Å²) in [5, 5.41) is 2.77. The third-order valence-electron chi connectivity index (χ3n) is 3.11. The lowest BCUT2D eigenvalue weighted by Gasteiger charge is -2.16. The van der Waals surface area contributed by atoms with E-state index >= 15 is 0 Å². The molecule has 2 rings (SSSR count). The molecule has 0 saturated carbocycles. The van der Waals surface area contributed by atoms with Gasteiger partial charge < -0.3 is 14.8 Å². The van der Waals surface area contributed by atoms with Crippen molar-refractivity contribution in [2.45, 2.75) is 20.0 Å². The van der Waals surface area contributed by atoms with Gasteiger partial charge in [0.1, 0.15) is 17.3 Å². The first-order valence-corrected chi connectivity index (χ1v) is 6.87. The van der Waals surface area contributed by atoms with Crippen LogP contribution >= 0.6 is 0 Å². The molecule has 0 spiro atoms. The normalized spacial score (nSPS) is 11.6. The maximum atomic E-state index is 12.8. The van der Waals surface area contributed by atoms with Gasteiger partial charge in [-0.3, -0.25) is 4.79 Å². The number of methoxy groups -OCH3 is 1. The van der Waals surface area contributed by atoms with Gasteiger partial charge in [0, 0.05) is 0 Å². The van der Waals surface area contributed by atoms with Crippen LogP contribution in [0.15, 0.2) is 42.5 Å². The first-order chi connectivity index (χ1) is 10.5. The second kappa shape index (κ2) is 6.93. The predicted molar refractivity (Wildman–Crippen MR) is 82.9 cm³/mol. The SMILES string of the molecule is COc1ccc(C)cc1NC(=O)[C@H](C)Oc1ccc(F)cc1. The average Bonchev–Trinajstić information content (AvgIpc) is 2.49. The van der Waals surface area contributed by atoms with E-state index in [2.05, 4.69) is 5.32 Å². The van der Waals surface area contributed by atoms with Gasteiger partial charge in [-0.15, -0.1) is 0 Å². The summed E-state index contributed by atoms with van der Waals surface area (Å²) in [5.74, 6) is 0.343. The highest BCUT2D eigenvalue weighted by Gasteiger charge is 2.16. The topological polar surface area (TPSA) is 47.6 Å². The molecule has 0 bridgehead atoms. The largest absolute Gasteiger partial charge is 0.495 e. The van der Waals surface area contributed by atoms with Gasteiger partial charge in [0.15, 0.2) is 6.10 Å². The minimum atomic E-state index is -0.726. The second-order valence-electron chi connectivity index (χ2n) is 4.91. The molecule has 22 heavy (non-hydrogen) atoms. The van der Waals surface area contributed by atoms with Gasteiger partial charge in [-0.25, -0.2) is 4.39 Å². The minimum Gasteiger partial charge on any atom is -0.495 e. The van der Waals surface area contributed by atoms with Gasteiger partial charge in [0.25, 0.3) is 5.91 Å². The van der Waals surface area contributed by atoms with E-state index in [1.807, 2.05) is 19.1 Å². The smallest absolute Gasteiger partial charge is 0.265 e. The van der Waals surface area contributed by atoms with Gasteiger partial charge in [-0.05, 0) is 55.8 Å². The van der Waals surface area contributed by atoms with Crippen LogP contribution in [0.25, 0.3) is 0 Å². The fraction of sp³-hybridized carbons (Fsp3) is 0.235. The molecule has 0 radical (unpaired) electrons. The summed E-state index contributed by atoms with van der Waals surface area (Å²) in [7, 11) is 1.54. The highest BCUT2D eigenvalue weighted by molar-refractivity contribution is 5.95. The van der Waals surface area contributed by atoms with Crippen molar-refractivity contribution < 1.29 is 18.7 Å². The first-order valence-electron chi connectivity index (χ1n) is 6.87. The van der Waals surface area contributed by atoms with E-state index in [0.29, 0.717) is 17.2 Å². The van der Waals surface area contributed by atoms with E-state index in [1.54, 1.807) is 20.1 Å². The van der Waals surface area contributed by atoms with E-state index in [-0.39, 0.29) is 11.7 Å². The van der Waals surface area contributed by atoms with Gasteiger partial charge in [-0.2, -0.15) is 0 Å². The minimum absolute atomic E-state index is 0.312. The number of carbonyl (C=O) groups excluding carboxylic acids is 1. The molecule has 0 heterocycles. The Labute approximate surface area is 128 Å². The molecule has 1 atom stereocenters. The number of amides is 1. The lowest BCUT2D eigenvalue weighted by atomic mass is 10.2. The lowest BCUT2D eigenvalue weighted by Crippen LogP contribution is -2.30. The van der Waals surface area contributed by atoms with Crippen molar-refractivity contribution in [1.82, 2.24) is 0 Å². The van der Waals surface area contributed by atoms with Crippen LogP contribution in [0.1, 0.15) is 12.5 Å². The van der Waals surface area contributed by atoms with Crippen LogP contribution in [0.4, 0.5) is 10.1 Å². The molecule has 0 unspecified atom stereocenters. The molecule has 0 aliphatic carbocycles. The van der Waals surface area contributed by atoms with E-state index in [4.69, 9.17) is 9.47 Å². The fourth-order valence-corrected chi connectivity index (χ4v) is 1.92. The average molecular weight is 303 g/mol. The van der Waals surface area contributed by atoms with Crippen LogP contribution in [-0.4, -0.2) is 19.1 Å². The summed E-state index contributed by atoms with van der Waals surface area (Å²) < 4.78 is 23.5. The molecule has 0 aromatic heterocycles. The quantitative estimate of drug-likeness (QED) is 0.919. The Hall–Kier alpha value is -2.56. The summed E-state index contributed by atoms with van der Waals surface area (Å²) in [5.41, 5.74) is 1.59. The Kier molecular flexibility index (Phi) is 4.99. The molecule has 5 heteroatoms. The molecule has 1 amide bonds. The molecule has 2 aromatic carbocycles. The zero-order valence-corrected chi connectivity index (χ0v) is 12.7. The van der Waals surface area contributed by atoms with Gasteiger partial charge >= 0.3 is 0 Å². The number of ether oxygens (including phenoxy) is 2. The zero-order chi connectivity index (χ0) is 16.1. The fourth-order valence-electron chi connectivity index (χ4n) is 1.92. The predicted octanol–water partition coefficient (Wildman–Crippen LogP) is 3.55. The van der Waals surface area contributed by atoms with E-state index in [9.17, 15) is 9.18 Å². The number of hydrogen-bond acceptors (Lipinski definition) is 3. The summed E-state index contributed by atoms with van der Waals surface area (Å²) >= 11 is 0. The maximum absolute atomic E-state index is 12.8. The Bertz CT molecular complexity index is 655. The molecular weight excluding hydrogens is 285 g/mol. The number of benzene rings is 2. The Balaban J connectivity index is 2.05. The van der Waals surface area contributed by atoms with Crippen molar-refractivity contribution in [2.75, 3.05) is 12.4 Å². The van der Waals surface area contributed by atoms with Crippen molar-refractivity contribution >= 4 is 11.6 Å². The lowest BCUT2D eigenvalue weighted by molar-refractivity contribution is -0.122. The van der Waals surface area contributed by atoms with Crippen molar-refractivity contribution in [2.24, 2.45) is 0 Å². The van der Waals surface area contributed by atoms with Crippen molar-refractivity contribution in [3.63, 3.8) is 0 Å². The number of rotatable bonds is 5. The Morgan fingerprint density at radius 1 is 1.18 bits per heavy atom. The second-order valence-corrected chi connectivity index (χ2v) is 4.91. The summed E-state index contributed by atoms with van der Waals surface area (Å²) in [4.78, 5) is 12.2. The molecule has 0 fully saturated rings. The number of carbonyl (C=O) groups is 1. The standard InChI is InChI=1S/C17H18FNO3/c1-11-4-9-16(21-3)15(10-11)19-17(20)12(2)22-14-7-5-13(18)6-8-14/h4-10,12H,1-3H3,(H,19,20)/t12-/m0/s1. The van der Waals surface area contributed by atoms with Crippen LogP contribution < -0.4 is 14.8 Å². The Morgan fingerprint density at radius 3 is 2.50 bits per heavy atom. The molecule has 0 aliphatic rings. The van der Waals surface area contributed by atoms with Crippen LogP contribution in [0.3, 0.4) is 0 Å². The highest BCUT2D eigenvalue weighted by atomic mass is 19.1. The summed E-state index contributed by atoms with van der Waals surface area (Å²) in [6, 6.07) is 11.0. The monoisotopic (exact) mass is 303 g/mol. The molecular formula is C17H18FNO3. The van der Waals surface area contributed by atoms with E-state index < -0.39 is 6.10 Å². The van der Waals surface area contributed by atoms with Crippen LogP contribution in [0.5, 0.6) is 11.5 Å². The number of hydrogen-bond donors (Lipinski definition) is 1. The Morgan fingerprint density at radius 2 is 1.86 bits per heavy atom. The van der Waals surface area contributed by atoms with Crippen LogP contribution in [0.2, 0.25) is 0 Å². The van der Waals surface area contributed by atoms with Gasteiger partial charge in [0.2, 0.25) is 0 Å².